The summed E-state index contributed by atoms with van der Waals surface area (Å²) in [7, 11) is 0. The van der Waals surface area contributed by atoms with E-state index in [1.165, 1.54) is 0 Å². The normalized spacial score (nSPS) is 13.9. The minimum absolute atomic E-state index is 0.380. The van der Waals surface area contributed by atoms with E-state index in [2.05, 4.69) is 13.8 Å². The van der Waals surface area contributed by atoms with E-state index in [1.54, 1.807) is 0 Å². The monoisotopic (exact) mass is 286 g/mol. The molecule has 2 unspecified atom stereocenters. The number of hydrogen-bond donors (Lipinski definition) is 2. The van der Waals surface area contributed by atoms with Crippen LogP contribution in [0.1, 0.15) is 78.1 Å². The molecule has 0 rings (SSSR count). The van der Waals surface area contributed by atoms with Crippen LogP contribution in [0.15, 0.2) is 0 Å². The van der Waals surface area contributed by atoms with Crippen LogP contribution in [-0.2, 0) is 9.59 Å². The molecule has 0 aromatic carbocycles. The maximum absolute atomic E-state index is 11.2. The molecule has 0 amide bonds. The predicted octanol–water partition coefficient (Wildman–Crippen LogP) is 4.33. The Morgan fingerprint density at radius 2 is 1.05 bits per heavy atom. The quantitative estimate of drug-likeness (QED) is 0.494. The Morgan fingerprint density at radius 3 is 1.30 bits per heavy atom. The highest BCUT2D eigenvalue weighted by Crippen LogP contribution is 2.22. The van der Waals surface area contributed by atoms with E-state index < -0.39 is 11.9 Å². The van der Waals surface area contributed by atoms with Crippen molar-refractivity contribution in [3.63, 3.8) is 0 Å². The minimum Gasteiger partial charge on any atom is -0.481 e. The lowest BCUT2D eigenvalue weighted by Gasteiger charge is -2.16. The highest BCUT2D eigenvalue weighted by atomic mass is 16.4. The molecule has 0 aliphatic carbocycles. The molecule has 0 fully saturated rings. The van der Waals surface area contributed by atoms with Gasteiger partial charge in [0.15, 0.2) is 0 Å². The Bertz CT molecular complexity index is 248. The summed E-state index contributed by atoms with van der Waals surface area (Å²) in [6.07, 6.45) is 8.38. The molecule has 2 N–H and O–H groups in total. The van der Waals surface area contributed by atoms with Crippen LogP contribution in [0.3, 0.4) is 0 Å². The van der Waals surface area contributed by atoms with Gasteiger partial charge in [-0.2, -0.15) is 0 Å². The molecular formula is C16H30O4. The average Bonchev–Trinajstić information content (AvgIpc) is 2.39. The van der Waals surface area contributed by atoms with Gasteiger partial charge in [-0.1, -0.05) is 52.4 Å². The van der Waals surface area contributed by atoms with E-state index in [1.807, 2.05) is 0 Å². The van der Waals surface area contributed by atoms with Crippen molar-refractivity contribution in [3.8, 4) is 0 Å². The highest BCUT2D eigenvalue weighted by Gasteiger charge is 2.22. The van der Waals surface area contributed by atoms with Gasteiger partial charge in [-0.15, -0.1) is 0 Å². The van der Waals surface area contributed by atoms with Crippen molar-refractivity contribution in [2.24, 2.45) is 11.8 Å². The van der Waals surface area contributed by atoms with Crippen LogP contribution >= 0.6 is 0 Å². The summed E-state index contributed by atoms with van der Waals surface area (Å²) in [5, 5.41) is 18.4. The highest BCUT2D eigenvalue weighted by molar-refractivity contribution is 5.71. The summed E-state index contributed by atoms with van der Waals surface area (Å²) in [6, 6.07) is 0. The second kappa shape index (κ2) is 11.7. The van der Waals surface area contributed by atoms with Crippen LogP contribution in [0, 0.1) is 11.8 Å². The van der Waals surface area contributed by atoms with E-state index in [4.69, 9.17) is 0 Å². The van der Waals surface area contributed by atoms with E-state index in [0.717, 1.165) is 38.5 Å². The molecule has 0 bridgehead atoms. The third-order valence-corrected chi connectivity index (χ3v) is 3.87. The standard InChI is InChI=1S/C16H30O4/c1-3-5-7-9-13(15(17)18)11-12-14(16(19)20)10-8-6-4-2/h13-14H,3-12H2,1-2H3,(H,17,18)(H,19,20). The van der Waals surface area contributed by atoms with E-state index in [9.17, 15) is 19.8 Å². The minimum atomic E-state index is -0.779. The van der Waals surface area contributed by atoms with Gasteiger partial charge in [-0.3, -0.25) is 9.59 Å². The van der Waals surface area contributed by atoms with E-state index in [0.29, 0.717) is 25.7 Å². The molecule has 0 radical (unpaired) electrons. The van der Waals surface area contributed by atoms with Crippen molar-refractivity contribution >= 4 is 11.9 Å². The number of unbranched alkanes of at least 4 members (excludes halogenated alkanes) is 4. The molecule has 0 aromatic heterocycles. The Labute approximate surface area is 122 Å². The van der Waals surface area contributed by atoms with Crippen molar-refractivity contribution < 1.29 is 19.8 Å². The van der Waals surface area contributed by atoms with Crippen LogP contribution in [0.5, 0.6) is 0 Å². The zero-order valence-electron chi connectivity index (χ0n) is 12.9. The Hall–Kier alpha value is -1.06. The largest absolute Gasteiger partial charge is 0.481 e. The third-order valence-electron chi connectivity index (χ3n) is 3.87. The molecule has 0 spiro atoms. The van der Waals surface area contributed by atoms with Gasteiger partial charge in [0, 0.05) is 0 Å². The smallest absolute Gasteiger partial charge is 0.306 e. The van der Waals surface area contributed by atoms with Gasteiger partial charge in [0.25, 0.3) is 0 Å². The summed E-state index contributed by atoms with van der Waals surface area (Å²) in [5.74, 6) is -2.32. The van der Waals surface area contributed by atoms with Crippen LogP contribution in [0.25, 0.3) is 0 Å². The van der Waals surface area contributed by atoms with Gasteiger partial charge >= 0.3 is 11.9 Å². The molecule has 20 heavy (non-hydrogen) atoms. The summed E-state index contributed by atoms with van der Waals surface area (Å²) in [5.41, 5.74) is 0. The molecule has 0 aromatic rings. The molecule has 4 heteroatoms. The zero-order valence-corrected chi connectivity index (χ0v) is 12.9. The lowest BCUT2D eigenvalue weighted by Crippen LogP contribution is -2.19. The molecular weight excluding hydrogens is 256 g/mol. The number of rotatable bonds is 13. The van der Waals surface area contributed by atoms with Crippen molar-refractivity contribution in [1.82, 2.24) is 0 Å². The van der Waals surface area contributed by atoms with Gasteiger partial charge in [-0.05, 0) is 25.7 Å². The Morgan fingerprint density at radius 1 is 0.700 bits per heavy atom. The van der Waals surface area contributed by atoms with Crippen molar-refractivity contribution in [3.05, 3.63) is 0 Å². The number of carboxylic acids is 2. The fraction of sp³-hybridized carbons (Fsp3) is 0.875. The number of hydrogen-bond acceptors (Lipinski definition) is 2. The Balaban J connectivity index is 4.18. The average molecular weight is 286 g/mol. The maximum Gasteiger partial charge on any atom is 0.306 e. The van der Waals surface area contributed by atoms with Gasteiger partial charge in [0.1, 0.15) is 0 Å². The molecule has 0 saturated heterocycles. The zero-order chi connectivity index (χ0) is 15.4. The first-order valence-electron chi connectivity index (χ1n) is 7.98. The van der Waals surface area contributed by atoms with Gasteiger partial charge in [0.2, 0.25) is 0 Å². The van der Waals surface area contributed by atoms with Crippen LogP contribution < -0.4 is 0 Å². The molecule has 2 atom stereocenters. The lowest BCUT2D eigenvalue weighted by molar-refractivity contribution is -0.145. The van der Waals surface area contributed by atoms with Crippen LogP contribution in [-0.4, -0.2) is 22.2 Å². The van der Waals surface area contributed by atoms with Gasteiger partial charge in [-0.25, -0.2) is 0 Å². The number of aliphatic carboxylic acids is 2. The fourth-order valence-electron chi connectivity index (χ4n) is 2.47. The SMILES string of the molecule is CCCCCC(CCC(CCCCC)C(=O)O)C(=O)O. The molecule has 4 nitrogen and oxygen atoms in total. The van der Waals surface area contributed by atoms with Crippen molar-refractivity contribution in [2.45, 2.75) is 78.1 Å². The van der Waals surface area contributed by atoms with E-state index >= 15 is 0 Å². The van der Waals surface area contributed by atoms with Gasteiger partial charge < -0.3 is 10.2 Å². The molecule has 0 aliphatic rings. The summed E-state index contributed by atoms with van der Waals surface area (Å²) >= 11 is 0. The maximum atomic E-state index is 11.2. The van der Waals surface area contributed by atoms with Crippen LogP contribution in [0.4, 0.5) is 0 Å². The molecule has 0 aliphatic heterocycles. The first-order valence-corrected chi connectivity index (χ1v) is 7.98. The third kappa shape index (κ3) is 8.94. The summed E-state index contributed by atoms with van der Waals surface area (Å²) in [4.78, 5) is 22.4. The topological polar surface area (TPSA) is 74.6 Å². The van der Waals surface area contributed by atoms with E-state index in [-0.39, 0.29) is 11.8 Å². The Kier molecular flexibility index (Phi) is 11.1. The summed E-state index contributed by atoms with van der Waals surface area (Å²) in [6.45, 7) is 4.17. The second-order valence-electron chi connectivity index (χ2n) is 5.64. The second-order valence-corrected chi connectivity index (χ2v) is 5.64. The molecule has 118 valence electrons. The number of carbonyl (C=O) groups is 2. The predicted molar refractivity (Wildman–Crippen MR) is 79.8 cm³/mol. The molecule has 0 saturated carbocycles. The molecule has 0 heterocycles. The fourth-order valence-corrected chi connectivity index (χ4v) is 2.47. The van der Waals surface area contributed by atoms with Crippen molar-refractivity contribution in [1.29, 1.82) is 0 Å². The van der Waals surface area contributed by atoms with Crippen molar-refractivity contribution in [2.75, 3.05) is 0 Å². The lowest BCUT2D eigenvalue weighted by atomic mass is 9.89. The summed E-state index contributed by atoms with van der Waals surface area (Å²) < 4.78 is 0. The van der Waals surface area contributed by atoms with Gasteiger partial charge in [0.05, 0.1) is 11.8 Å². The van der Waals surface area contributed by atoms with Crippen LogP contribution in [0.2, 0.25) is 0 Å². The first-order chi connectivity index (χ1) is 9.52. The first kappa shape index (κ1) is 18.9. The number of carboxylic acid groups (broad SMARTS) is 2.